The van der Waals surface area contributed by atoms with E-state index < -0.39 is 17.3 Å². The Morgan fingerprint density at radius 2 is 2.35 bits per heavy atom. The summed E-state index contributed by atoms with van der Waals surface area (Å²) in [5.41, 5.74) is -1.11. The van der Waals surface area contributed by atoms with Crippen LogP contribution < -0.4 is 4.74 Å². The second-order valence-corrected chi connectivity index (χ2v) is 4.63. The van der Waals surface area contributed by atoms with Gasteiger partial charge in [-0.3, -0.25) is 0 Å². The Balaban J connectivity index is 2.44. The van der Waals surface area contributed by atoms with E-state index in [0.717, 1.165) is 17.8 Å². The minimum absolute atomic E-state index is 0.00260. The third-order valence-corrected chi connectivity index (χ3v) is 3.33. The normalized spacial score (nSPS) is 18.9. The summed E-state index contributed by atoms with van der Waals surface area (Å²) in [6.45, 7) is 0.121. The van der Waals surface area contributed by atoms with Crippen molar-refractivity contribution in [1.29, 1.82) is 0 Å². The molecule has 0 spiro atoms. The lowest BCUT2D eigenvalue weighted by Crippen LogP contribution is -2.04. The third kappa shape index (κ3) is 2.52. The van der Waals surface area contributed by atoms with Gasteiger partial charge < -0.3 is 9.47 Å². The molecule has 0 fully saturated rings. The summed E-state index contributed by atoms with van der Waals surface area (Å²) in [6.07, 6.45) is 0.187. The zero-order valence-corrected chi connectivity index (χ0v) is 9.85. The molecular formula is C11H10F2O3S. The first-order valence-electron chi connectivity index (χ1n) is 4.97. The van der Waals surface area contributed by atoms with E-state index in [9.17, 15) is 13.6 Å². The van der Waals surface area contributed by atoms with Crippen LogP contribution >= 0.6 is 11.8 Å². The minimum atomic E-state index is -1.16. The Labute approximate surface area is 101 Å². The lowest BCUT2D eigenvalue weighted by molar-refractivity contribution is 0.0599. The first-order valence-corrected chi connectivity index (χ1v) is 5.85. The van der Waals surface area contributed by atoms with Crippen molar-refractivity contribution in [3.05, 3.63) is 23.5 Å². The maximum atomic E-state index is 13.7. The summed E-state index contributed by atoms with van der Waals surface area (Å²) < 4.78 is 36.6. The highest BCUT2D eigenvalue weighted by molar-refractivity contribution is 7.99. The van der Waals surface area contributed by atoms with Gasteiger partial charge in [-0.25, -0.2) is 13.6 Å². The van der Waals surface area contributed by atoms with Gasteiger partial charge in [0.05, 0.1) is 24.2 Å². The molecule has 0 saturated heterocycles. The average molecular weight is 260 g/mol. The van der Waals surface area contributed by atoms with Gasteiger partial charge in [-0.1, -0.05) is 11.8 Å². The molecule has 17 heavy (non-hydrogen) atoms. The van der Waals surface area contributed by atoms with E-state index >= 15 is 0 Å². The van der Waals surface area contributed by atoms with Crippen molar-refractivity contribution in [3.8, 4) is 5.75 Å². The van der Waals surface area contributed by atoms with Crippen molar-refractivity contribution >= 4 is 17.7 Å². The fourth-order valence-electron chi connectivity index (χ4n) is 1.48. The van der Waals surface area contributed by atoms with Gasteiger partial charge in [0.2, 0.25) is 0 Å². The van der Waals surface area contributed by atoms with Gasteiger partial charge in [0, 0.05) is 6.42 Å². The van der Waals surface area contributed by atoms with E-state index in [-0.39, 0.29) is 29.2 Å². The monoisotopic (exact) mass is 260 g/mol. The molecule has 0 bridgehead atoms. The summed E-state index contributed by atoms with van der Waals surface area (Å²) in [4.78, 5) is 11.6. The van der Waals surface area contributed by atoms with E-state index in [2.05, 4.69) is 4.74 Å². The first kappa shape index (κ1) is 12.2. The Bertz CT molecular complexity index is 451. The van der Waals surface area contributed by atoms with Crippen LogP contribution in [0, 0.1) is 5.82 Å². The number of carbonyl (C=O) groups excluding carboxylic acids is 1. The highest BCUT2D eigenvalue weighted by Gasteiger charge is 2.23. The Kier molecular flexibility index (Phi) is 3.51. The average Bonchev–Trinajstić information content (AvgIpc) is 2.49. The largest absolute Gasteiger partial charge is 0.489 e. The number of fused-ring (bicyclic) bond motifs is 1. The molecule has 0 radical (unpaired) electrons. The number of hydrogen-bond acceptors (Lipinski definition) is 4. The number of methoxy groups -OCH3 is 1. The molecule has 1 aromatic carbocycles. The quantitative estimate of drug-likeness (QED) is 0.727. The molecule has 2 rings (SSSR count). The SMILES string of the molecule is COC(=O)c1cc(F)c2c(c1)SC(F)CCO2. The van der Waals surface area contributed by atoms with Crippen molar-refractivity contribution < 1.29 is 23.0 Å². The second kappa shape index (κ2) is 4.91. The first-order chi connectivity index (χ1) is 8.11. The zero-order chi connectivity index (χ0) is 12.4. The number of esters is 1. The number of ether oxygens (including phenoxy) is 2. The topological polar surface area (TPSA) is 35.5 Å². The zero-order valence-electron chi connectivity index (χ0n) is 9.04. The van der Waals surface area contributed by atoms with Gasteiger partial charge in [-0.05, 0) is 12.1 Å². The van der Waals surface area contributed by atoms with Crippen molar-refractivity contribution in [2.45, 2.75) is 16.8 Å². The van der Waals surface area contributed by atoms with Crippen molar-refractivity contribution in [2.75, 3.05) is 13.7 Å². The highest BCUT2D eigenvalue weighted by atomic mass is 32.2. The third-order valence-electron chi connectivity index (χ3n) is 2.28. The van der Waals surface area contributed by atoms with Gasteiger partial charge in [-0.15, -0.1) is 0 Å². The van der Waals surface area contributed by atoms with Crippen molar-refractivity contribution in [1.82, 2.24) is 0 Å². The van der Waals surface area contributed by atoms with E-state index in [1.807, 2.05) is 0 Å². The lowest BCUT2D eigenvalue weighted by atomic mass is 10.2. The number of rotatable bonds is 1. The van der Waals surface area contributed by atoms with Crippen LogP contribution in [-0.2, 0) is 4.74 Å². The van der Waals surface area contributed by atoms with Gasteiger partial charge in [0.1, 0.15) is 0 Å². The molecule has 92 valence electrons. The summed E-state index contributed by atoms with van der Waals surface area (Å²) in [6, 6.07) is 2.41. The summed E-state index contributed by atoms with van der Waals surface area (Å²) in [7, 11) is 1.20. The van der Waals surface area contributed by atoms with E-state index in [1.54, 1.807) is 0 Å². The molecule has 0 N–H and O–H groups in total. The molecule has 1 aliphatic rings. The second-order valence-electron chi connectivity index (χ2n) is 3.44. The summed E-state index contributed by atoms with van der Waals surface area (Å²) in [5.74, 6) is -1.33. The predicted octanol–water partition coefficient (Wildman–Crippen LogP) is 2.78. The molecule has 1 aliphatic heterocycles. The van der Waals surface area contributed by atoms with Crippen LogP contribution in [0.3, 0.4) is 0 Å². The fraction of sp³-hybridized carbons (Fsp3) is 0.364. The number of halogens is 2. The fourth-order valence-corrected chi connectivity index (χ4v) is 2.43. The predicted molar refractivity (Wildman–Crippen MR) is 58.6 cm³/mol. The number of alkyl halides is 1. The Morgan fingerprint density at radius 3 is 3.06 bits per heavy atom. The molecule has 3 nitrogen and oxygen atoms in total. The number of hydrogen-bond donors (Lipinski definition) is 0. The Morgan fingerprint density at radius 1 is 1.59 bits per heavy atom. The molecule has 0 saturated carbocycles. The molecule has 0 aliphatic carbocycles. The molecule has 0 aromatic heterocycles. The molecule has 1 unspecified atom stereocenters. The van der Waals surface area contributed by atoms with Crippen molar-refractivity contribution in [2.24, 2.45) is 0 Å². The molecule has 1 aromatic rings. The van der Waals surface area contributed by atoms with Crippen LogP contribution in [0.2, 0.25) is 0 Å². The summed E-state index contributed by atoms with van der Waals surface area (Å²) >= 11 is 0.849. The number of carbonyl (C=O) groups is 1. The van der Waals surface area contributed by atoms with Crippen LogP contribution in [-0.4, -0.2) is 25.2 Å². The standard InChI is InChI=1S/C11H10F2O3S/c1-15-11(14)6-4-7(12)10-8(5-6)17-9(13)2-3-16-10/h4-5,9H,2-3H2,1H3. The molecule has 0 amide bonds. The molecule has 1 heterocycles. The smallest absolute Gasteiger partial charge is 0.337 e. The summed E-state index contributed by atoms with van der Waals surface area (Å²) in [5, 5.41) is 0. The van der Waals surface area contributed by atoms with Gasteiger partial charge in [0.25, 0.3) is 0 Å². The van der Waals surface area contributed by atoms with Crippen LogP contribution in [0.5, 0.6) is 5.75 Å². The minimum Gasteiger partial charge on any atom is -0.489 e. The molecule has 6 heteroatoms. The highest BCUT2D eigenvalue weighted by Crippen LogP contribution is 2.39. The van der Waals surface area contributed by atoms with Gasteiger partial charge in [-0.2, -0.15) is 0 Å². The van der Waals surface area contributed by atoms with Crippen LogP contribution in [0.15, 0.2) is 17.0 Å². The van der Waals surface area contributed by atoms with Crippen molar-refractivity contribution in [3.63, 3.8) is 0 Å². The molecular weight excluding hydrogens is 250 g/mol. The van der Waals surface area contributed by atoms with E-state index in [0.29, 0.717) is 0 Å². The lowest BCUT2D eigenvalue weighted by Gasteiger charge is -2.09. The maximum absolute atomic E-state index is 13.7. The van der Waals surface area contributed by atoms with Crippen LogP contribution in [0.1, 0.15) is 16.8 Å². The number of benzene rings is 1. The van der Waals surface area contributed by atoms with Crippen LogP contribution in [0.25, 0.3) is 0 Å². The number of thioether (sulfide) groups is 1. The Hall–Kier alpha value is -1.30. The van der Waals surface area contributed by atoms with Gasteiger partial charge in [0.15, 0.2) is 17.1 Å². The maximum Gasteiger partial charge on any atom is 0.337 e. The molecule has 1 atom stereocenters. The van der Waals surface area contributed by atoms with Crippen LogP contribution in [0.4, 0.5) is 8.78 Å². The van der Waals surface area contributed by atoms with E-state index in [4.69, 9.17) is 4.74 Å². The van der Waals surface area contributed by atoms with E-state index in [1.165, 1.54) is 13.2 Å². The van der Waals surface area contributed by atoms with Gasteiger partial charge >= 0.3 is 5.97 Å².